The molecule has 1 aromatic carbocycles. The second-order valence-corrected chi connectivity index (χ2v) is 11.1. The molecule has 37 heavy (non-hydrogen) atoms. The van der Waals surface area contributed by atoms with Crippen LogP contribution in [-0.2, 0) is 32.6 Å². The van der Waals surface area contributed by atoms with Crippen LogP contribution in [0.3, 0.4) is 0 Å². The lowest BCUT2D eigenvalue weighted by Crippen LogP contribution is -2.50. The summed E-state index contributed by atoms with van der Waals surface area (Å²) >= 11 is 0. The molecule has 1 atom stereocenters. The van der Waals surface area contributed by atoms with Crippen LogP contribution in [0.2, 0.25) is 0 Å². The number of hydrogen-bond acceptors (Lipinski definition) is 5. The first-order chi connectivity index (χ1) is 17.6. The van der Waals surface area contributed by atoms with Gasteiger partial charge in [-0.3, -0.25) is 14.4 Å². The van der Waals surface area contributed by atoms with Crippen molar-refractivity contribution in [3.63, 3.8) is 0 Å². The molecule has 8 nitrogen and oxygen atoms in total. The average molecular weight is 510 g/mol. The first-order valence-electron chi connectivity index (χ1n) is 12.8. The first kappa shape index (κ1) is 25.2. The number of carboxylic acid groups (broad SMARTS) is 1. The second-order valence-electron chi connectivity index (χ2n) is 11.1. The highest BCUT2D eigenvalue weighted by molar-refractivity contribution is 5.99. The number of carboxylic acids is 1. The Bertz CT molecular complexity index is 1270. The van der Waals surface area contributed by atoms with Crippen molar-refractivity contribution in [2.24, 2.45) is 11.8 Å². The third-order valence-corrected chi connectivity index (χ3v) is 8.10. The molecule has 196 valence electrons. The summed E-state index contributed by atoms with van der Waals surface area (Å²) in [7, 11) is 1.52. The van der Waals surface area contributed by atoms with Gasteiger partial charge in [0.1, 0.15) is 11.9 Å². The number of nitrogens with one attached hydrogen (secondary N) is 1. The van der Waals surface area contributed by atoms with Crippen LogP contribution in [0, 0.1) is 17.7 Å². The molecule has 0 spiro atoms. The monoisotopic (exact) mass is 509 g/mol. The Balaban J connectivity index is 1.42. The summed E-state index contributed by atoms with van der Waals surface area (Å²) in [6.45, 7) is 4.34. The molecule has 9 heteroatoms. The summed E-state index contributed by atoms with van der Waals surface area (Å²) in [6.07, 6.45) is 3.08. The van der Waals surface area contributed by atoms with Crippen molar-refractivity contribution in [2.75, 3.05) is 19.0 Å². The smallest absolute Gasteiger partial charge is 0.303 e. The number of carbonyl (C=O) groups is 3. The normalized spacial score (nSPS) is 23.5. The number of benzene rings is 1. The quantitative estimate of drug-likeness (QED) is 0.609. The molecule has 2 aromatic rings. The number of anilines is 1. The fourth-order valence-electron chi connectivity index (χ4n) is 6.16. The van der Waals surface area contributed by atoms with Gasteiger partial charge in [-0.1, -0.05) is 13.8 Å². The predicted molar refractivity (Wildman–Crippen MR) is 134 cm³/mol. The lowest BCUT2D eigenvalue weighted by atomic mass is 9.72. The number of ether oxygens (including phenoxy) is 1. The highest BCUT2D eigenvalue weighted by atomic mass is 19.1. The van der Waals surface area contributed by atoms with E-state index in [1.54, 1.807) is 17.0 Å². The van der Waals surface area contributed by atoms with Gasteiger partial charge < -0.3 is 20.1 Å². The molecular weight excluding hydrogens is 477 g/mol. The largest absolute Gasteiger partial charge is 0.481 e. The summed E-state index contributed by atoms with van der Waals surface area (Å²) in [5.74, 6) is -1.71. The average Bonchev–Trinajstić information content (AvgIpc) is 3.13. The number of aryl methyl sites for hydroxylation is 1. The van der Waals surface area contributed by atoms with Gasteiger partial charge in [0, 0.05) is 42.6 Å². The molecule has 0 saturated heterocycles. The van der Waals surface area contributed by atoms with Crippen LogP contribution in [0.5, 0.6) is 5.88 Å². The molecule has 0 radical (unpaired) electrons. The van der Waals surface area contributed by atoms with Gasteiger partial charge in [0.2, 0.25) is 11.8 Å². The van der Waals surface area contributed by atoms with Crippen LogP contribution in [0.25, 0.3) is 0 Å². The number of fused-ring (bicyclic) bond motifs is 2. The van der Waals surface area contributed by atoms with E-state index in [-0.39, 0.29) is 35.4 Å². The molecule has 2 N–H and O–H groups in total. The van der Waals surface area contributed by atoms with Crippen LogP contribution in [0.15, 0.2) is 24.3 Å². The van der Waals surface area contributed by atoms with Crippen molar-refractivity contribution in [3.8, 4) is 5.88 Å². The van der Waals surface area contributed by atoms with Crippen molar-refractivity contribution in [1.82, 2.24) is 9.88 Å². The van der Waals surface area contributed by atoms with Crippen LogP contribution in [0.1, 0.15) is 68.0 Å². The number of nitrogens with zero attached hydrogens (tertiary/aromatic N) is 2. The Morgan fingerprint density at radius 1 is 1.22 bits per heavy atom. The third kappa shape index (κ3) is 4.67. The third-order valence-electron chi connectivity index (χ3n) is 8.10. The Morgan fingerprint density at radius 3 is 2.68 bits per heavy atom. The van der Waals surface area contributed by atoms with E-state index in [1.807, 2.05) is 19.9 Å². The molecule has 1 saturated carbocycles. The van der Waals surface area contributed by atoms with Gasteiger partial charge in [0.25, 0.3) is 5.91 Å². The number of amides is 2. The number of aromatic nitrogens is 1. The highest BCUT2D eigenvalue weighted by Crippen LogP contribution is 2.43. The van der Waals surface area contributed by atoms with Crippen molar-refractivity contribution < 1.29 is 28.6 Å². The summed E-state index contributed by atoms with van der Waals surface area (Å²) in [5.41, 5.74) is 3.00. The van der Waals surface area contributed by atoms with E-state index in [2.05, 4.69) is 10.3 Å². The van der Waals surface area contributed by atoms with Gasteiger partial charge in [-0.15, -0.1) is 0 Å². The van der Waals surface area contributed by atoms with Gasteiger partial charge in [-0.05, 0) is 66.3 Å². The molecule has 0 bridgehead atoms. The lowest BCUT2D eigenvalue weighted by Gasteiger charge is -2.42. The second kappa shape index (κ2) is 9.43. The standard InChI is InChI=1S/C28H32FN3O5/c1-28(2)8-6-16-13-18(14-20(29)24(16)28)30-26(35)25-19-4-5-22(37-3)31-21(19)7-9-32(25)27(36)17-10-15(11-17)12-23(33)34/h4-5,13-15,17,25H,6-12H2,1-3H3,(H,30,35)(H,33,34)/t15-,17-,25-/m1/s1. The van der Waals surface area contributed by atoms with Gasteiger partial charge in [-0.2, -0.15) is 0 Å². The van der Waals surface area contributed by atoms with Crippen molar-refractivity contribution in [3.05, 3.63) is 52.5 Å². The molecule has 3 aliphatic rings. The van der Waals surface area contributed by atoms with Crippen LogP contribution in [-0.4, -0.2) is 46.4 Å². The SMILES string of the molecule is COc1ccc2c(n1)CCN(C(=O)[C@H]1C[C@H](CC(=O)O)C1)[C@H]2C(=O)Nc1cc(F)c2c(c1)CCC2(C)C. The predicted octanol–water partition coefficient (Wildman–Crippen LogP) is 4.02. The molecule has 2 heterocycles. The topological polar surface area (TPSA) is 109 Å². The van der Waals surface area contributed by atoms with Gasteiger partial charge in [0.05, 0.1) is 12.8 Å². The Hall–Kier alpha value is -3.49. The Morgan fingerprint density at radius 2 is 1.97 bits per heavy atom. The molecule has 1 aromatic heterocycles. The van der Waals surface area contributed by atoms with Crippen LogP contribution >= 0.6 is 0 Å². The number of carbonyl (C=O) groups excluding carboxylic acids is 2. The summed E-state index contributed by atoms with van der Waals surface area (Å²) in [5, 5.41) is 11.9. The zero-order valence-electron chi connectivity index (χ0n) is 21.3. The zero-order chi connectivity index (χ0) is 26.5. The maximum atomic E-state index is 15.1. The maximum absolute atomic E-state index is 15.1. The molecule has 0 unspecified atom stereocenters. The number of pyridine rings is 1. The van der Waals surface area contributed by atoms with Gasteiger partial charge >= 0.3 is 5.97 Å². The summed E-state index contributed by atoms with van der Waals surface area (Å²) in [6, 6.07) is 5.67. The van der Waals surface area contributed by atoms with Gasteiger partial charge in [0.15, 0.2) is 0 Å². The molecular formula is C28H32FN3O5. The Kier molecular flexibility index (Phi) is 6.41. The lowest BCUT2D eigenvalue weighted by molar-refractivity contribution is -0.149. The summed E-state index contributed by atoms with van der Waals surface area (Å²) in [4.78, 5) is 44.3. The minimum absolute atomic E-state index is 0.0274. The first-order valence-corrected chi connectivity index (χ1v) is 12.8. The summed E-state index contributed by atoms with van der Waals surface area (Å²) < 4.78 is 20.3. The van der Waals surface area contributed by atoms with E-state index < -0.39 is 17.9 Å². The Labute approximate surface area is 215 Å². The minimum Gasteiger partial charge on any atom is -0.481 e. The van der Waals surface area contributed by atoms with Gasteiger partial charge in [-0.25, -0.2) is 9.37 Å². The number of rotatable bonds is 6. The van der Waals surface area contributed by atoms with Crippen molar-refractivity contribution >= 4 is 23.5 Å². The van der Waals surface area contributed by atoms with Crippen LogP contribution < -0.4 is 10.1 Å². The molecule has 2 amide bonds. The van der Waals surface area contributed by atoms with Crippen LogP contribution in [0.4, 0.5) is 10.1 Å². The van der Waals surface area contributed by atoms with Crippen molar-refractivity contribution in [2.45, 2.75) is 63.8 Å². The van der Waals surface area contributed by atoms with E-state index in [4.69, 9.17) is 9.84 Å². The zero-order valence-corrected chi connectivity index (χ0v) is 21.3. The fraction of sp³-hybridized carbons (Fsp3) is 0.500. The highest BCUT2D eigenvalue weighted by Gasteiger charge is 2.44. The number of methoxy groups -OCH3 is 1. The number of aliphatic carboxylic acids is 1. The molecule has 2 aliphatic carbocycles. The molecule has 1 aliphatic heterocycles. The molecule has 1 fully saturated rings. The van der Waals surface area contributed by atoms with Crippen molar-refractivity contribution in [1.29, 1.82) is 0 Å². The minimum atomic E-state index is -0.930. The van der Waals surface area contributed by atoms with E-state index in [0.717, 1.165) is 18.4 Å². The molecule has 5 rings (SSSR count). The number of halogens is 1. The number of hydrogen-bond donors (Lipinski definition) is 2. The van der Waals surface area contributed by atoms with E-state index in [1.165, 1.54) is 13.2 Å². The maximum Gasteiger partial charge on any atom is 0.303 e. The van der Waals surface area contributed by atoms with E-state index in [0.29, 0.717) is 54.2 Å². The van der Waals surface area contributed by atoms with E-state index in [9.17, 15) is 14.4 Å². The van der Waals surface area contributed by atoms with E-state index >= 15 is 4.39 Å². The fourth-order valence-corrected chi connectivity index (χ4v) is 6.16.